The Hall–Kier alpha value is -3.68. The molecule has 8 heteroatoms. The lowest BCUT2D eigenvalue weighted by Crippen LogP contribution is -2.33. The van der Waals surface area contributed by atoms with Gasteiger partial charge in [0, 0.05) is 10.9 Å². The van der Waals surface area contributed by atoms with Crippen LogP contribution in [0.1, 0.15) is 18.7 Å². The van der Waals surface area contributed by atoms with Crippen LogP contribution >= 0.6 is 0 Å². The van der Waals surface area contributed by atoms with Crippen molar-refractivity contribution in [2.75, 3.05) is 0 Å². The molecule has 0 aliphatic heterocycles. The lowest BCUT2D eigenvalue weighted by Gasteiger charge is -2.10. The van der Waals surface area contributed by atoms with Crippen molar-refractivity contribution >= 4 is 16.9 Å². The summed E-state index contributed by atoms with van der Waals surface area (Å²) in [6.45, 7) is 1.47. The Labute approximate surface area is 158 Å². The molecule has 7 nitrogen and oxygen atoms in total. The van der Waals surface area contributed by atoms with Crippen LogP contribution in [0.5, 0.6) is 0 Å². The largest absolute Gasteiger partial charge is 0.459 e. The highest BCUT2D eigenvalue weighted by Crippen LogP contribution is 2.23. The van der Waals surface area contributed by atoms with Gasteiger partial charge in [-0.05, 0) is 43.3 Å². The van der Waals surface area contributed by atoms with E-state index in [-0.39, 0.29) is 18.5 Å². The van der Waals surface area contributed by atoms with Crippen molar-refractivity contribution in [3.63, 3.8) is 0 Å². The van der Waals surface area contributed by atoms with Crippen LogP contribution in [0.2, 0.25) is 0 Å². The van der Waals surface area contributed by atoms with Gasteiger partial charge in [-0.15, -0.1) is 5.10 Å². The first-order valence-corrected chi connectivity index (χ1v) is 8.61. The molecule has 0 saturated heterocycles. The van der Waals surface area contributed by atoms with Crippen LogP contribution in [0.25, 0.3) is 22.4 Å². The molecular formula is C20H16FN3O4. The second-order valence-electron chi connectivity index (χ2n) is 6.31. The monoisotopic (exact) mass is 381 g/mol. The smallest absolute Gasteiger partial charge is 0.437 e. The van der Waals surface area contributed by atoms with Gasteiger partial charge in [0.25, 0.3) is 0 Å². The van der Waals surface area contributed by atoms with Crippen molar-refractivity contribution in [1.82, 2.24) is 15.1 Å². The minimum Gasteiger partial charge on any atom is -0.459 e. The molecule has 2 heterocycles. The summed E-state index contributed by atoms with van der Waals surface area (Å²) in [5, 5.41) is 7.70. The zero-order chi connectivity index (χ0) is 19.7. The van der Waals surface area contributed by atoms with Crippen LogP contribution in [0.15, 0.2) is 68.2 Å². The normalized spacial score (nSPS) is 12.2. The summed E-state index contributed by atoms with van der Waals surface area (Å²) in [5.74, 6) is -0.985. The molecule has 0 radical (unpaired) electrons. The molecule has 2 aromatic carbocycles. The molecule has 0 aliphatic rings. The summed E-state index contributed by atoms with van der Waals surface area (Å²) in [6, 6.07) is 14.3. The van der Waals surface area contributed by atoms with Crippen molar-refractivity contribution in [3.05, 3.63) is 76.7 Å². The molecule has 0 unspecified atom stereocenters. The second-order valence-corrected chi connectivity index (χ2v) is 6.31. The van der Waals surface area contributed by atoms with Gasteiger partial charge in [0.15, 0.2) is 0 Å². The fourth-order valence-electron chi connectivity index (χ4n) is 2.83. The van der Waals surface area contributed by atoms with Gasteiger partial charge in [-0.3, -0.25) is 4.79 Å². The lowest BCUT2D eigenvalue weighted by molar-refractivity contribution is -0.122. The van der Waals surface area contributed by atoms with Crippen LogP contribution in [-0.2, 0) is 11.3 Å². The van der Waals surface area contributed by atoms with Gasteiger partial charge in [-0.1, -0.05) is 18.2 Å². The summed E-state index contributed by atoms with van der Waals surface area (Å²) in [4.78, 5) is 24.3. The standard InChI is InChI=1S/C20H16FN3O4/c1-12(17-10-14-4-2-3-5-16(14)27-17)22-18(25)11-24-20(26)28-19(23-24)13-6-8-15(21)9-7-13/h2-10,12H,11H2,1H3,(H,22,25)/t12-/m0/s1. The van der Waals surface area contributed by atoms with Gasteiger partial charge in [-0.2, -0.15) is 4.68 Å². The molecule has 0 fully saturated rings. The molecule has 1 amide bonds. The Balaban J connectivity index is 1.46. The number of carbonyl (C=O) groups excluding carboxylic acids is 1. The molecule has 0 saturated carbocycles. The molecule has 1 atom stereocenters. The molecule has 28 heavy (non-hydrogen) atoms. The quantitative estimate of drug-likeness (QED) is 0.573. The van der Waals surface area contributed by atoms with E-state index in [9.17, 15) is 14.0 Å². The third-order valence-corrected chi connectivity index (χ3v) is 4.24. The molecule has 2 aromatic heterocycles. The number of hydrogen-bond donors (Lipinski definition) is 1. The van der Waals surface area contributed by atoms with Crippen LogP contribution in [0.4, 0.5) is 4.39 Å². The van der Waals surface area contributed by atoms with Crippen molar-refractivity contribution in [2.45, 2.75) is 19.5 Å². The minimum atomic E-state index is -0.772. The Bertz CT molecular complexity index is 1160. The number of rotatable bonds is 5. The van der Waals surface area contributed by atoms with Crippen LogP contribution < -0.4 is 11.1 Å². The summed E-state index contributed by atoms with van der Waals surface area (Å²) >= 11 is 0. The average molecular weight is 381 g/mol. The molecule has 4 aromatic rings. The second kappa shape index (κ2) is 7.15. The zero-order valence-corrected chi connectivity index (χ0v) is 14.9. The number of benzene rings is 2. The number of nitrogens with one attached hydrogen (secondary N) is 1. The summed E-state index contributed by atoms with van der Waals surface area (Å²) in [7, 11) is 0. The van der Waals surface area contributed by atoms with Gasteiger partial charge < -0.3 is 14.2 Å². The van der Waals surface area contributed by atoms with Crippen molar-refractivity contribution in [1.29, 1.82) is 0 Å². The van der Waals surface area contributed by atoms with E-state index in [0.29, 0.717) is 11.3 Å². The molecule has 0 bridgehead atoms. The average Bonchev–Trinajstić information content (AvgIpc) is 3.26. The molecule has 1 N–H and O–H groups in total. The SMILES string of the molecule is C[C@H](NC(=O)Cn1nc(-c2ccc(F)cc2)oc1=O)c1cc2ccccc2o1. The number of furan rings is 1. The maximum atomic E-state index is 13.0. The first-order chi connectivity index (χ1) is 13.5. The fraction of sp³-hybridized carbons (Fsp3) is 0.150. The van der Waals surface area contributed by atoms with Gasteiger partial charge in [0.2, 0.25) is 11.8 Å². The number of nitrogens with zero attached hydrogens (tertiary/aromatic N) is 2. The first-order valence-electron chi connectivity index (χ1n) is 8.61. The van der Waals surface area contributed by atoms with Crippen LogP contribution in [-0.4, -0.2) is 15.7 Å². The van der Waals surface area contributed by atoms with E-state index in [2.05, 4.69) is 10.4 Å². The Morgan fingerprint density at radius 1 is 1.18 bits per heavy atom. The first kappa shape index (κ1) is 17.7. The van der Waals surface area contributed by atoms with Gasteiger partial charge >= 0.3 is 5.76 Å². The van der Waals surface area contributed by atoms with E-state index in [0.717, 1.165) is 15.7 Å². The maximum absolute atomic E-state index is 13.0. The third kappa shape index (κ3) is 3.57. The molecule has 142 valence electrons. The lowest BCUT2D eigenvalue weighted by atomic mass is 10.2. The summed E-state index contributed by atoms with van der Waals surface area (Å²) < 4.78 is 24.7. The Morgan fingerprint density at radius 2 is 1.93 bits per heavy atom. The van der Waals surface area contributed by atoms with E-state index < -0.39 is 17.5 Å². The fourth-order valence-corrected chi connectivity index (χ4v) is 2.83. The third-order valence-electron chi connectivity index (χ3n) is 4.24. The zero-order valence-electron chi connectivity index (χ0n) is 14.9. The number of amides is 1. The van der Waals surface area contributed by atoms with E-state index in [1.807, 2.05) is 30.3 Å². The predicted octanol–water partition coefficient (Wildman–Crippen LogP) is 3.27. The number of carbonyl (C=O) groups is 1. The number of aromatic nitrogens is 2. The van der Waals surface area contributed by atoms with Gasteiger partial charge in [-0.25, -0.2) is 9.18 Å². The van der Waals surface area contributed by atoms with E-state index in [4.69, 9.17) is 8.83 Å². The maximum Gasteiger partial charge on any atom is 0.437 e. The number of halogens is 1. The van der Waals surface area contributed by atoms with Gasteiger partial charge in [0.05, 0.1) is 6.04 Å². The van der Waals surface area contributed by atoms with Crippen LogP contribution in [0.3, 0.4) is 0 Å². The van der Waals surface area contributed by atoms with E-state index in [1.54, 1.807) is 6.92 Å². The topological polar surface area (TPSA) is 90.3 Å². The Morgan fingerprint density at radius 3 is 2.68 bits per heavy atom. The van der Waals surface area contributed by atoms with E-state index >= 15 is 0 Å². The number of hydrogen-bond acceptors (Lipinski definition) is 5. The van der Waals surface area contributed by atoms with Crippen molar-refractivity contribution in [3.8, 4) is 11.5 Å². The molecule has 0 aliphatic carbocycles. The minimum absolute atomic E-state index is 0.0168. The highest BCUT2D eigenvalue weighted by atomic mass is 19.1. The highest BCUT2D eigenvalue weighted by Gasteiger charge is 2.17. The predicted molar refractivity (Wildman–Crippen MR) is 98.9 cm³/mol. The molecule has 4 rings (SSSR count). The Kier molecular flexibility index (Phi) is 4.52. The number of fused-ring (bicyclic) bond motifs is 1. The van der Waals surface area contributed by atoms with Crippen molar-refractivity contribution in [2.24, 2.45) is 0 Å². The molecular weight excluding hydrogens is 365 g/mol. The highest BCUT2D eigenvalue weighted by molar-refractivity contribution is 5.79. The summed E-state index contributed by atoms with van der Waals surface area (Å²) in [5.41, 5.74) is 1.17. The van der Waals surface area contributed by atoms with Gasteiger partial charge in [0.1, 0.15) is 23.7 Å². The number of para-hydroxylation sites is 1. The van der Waals surface area contributed by atoms with E-state index in [1.165, 1.54) is 24.3 Å². The molecule has 0 spiro atoms. The van der Waals surface area contributed by atoms with Crippen LogP contribution in [0, 0.1) is 5.82 Å². The summed E-state index contributed by atoms with van der Waals surface area (Å²) in [6.07, 6.45) is 0. The van der Waals surface area contributed by atoms with Crippen molar-refractivity contribution < 1.29 is 18.0 Å².